The quantitative estimate of drug-likeness (QED) is 0.608. The number of benzene rings is 2. The van der Waals surface area contributed by atoms with Crippen molar-refractivity contribution in [2.24, 2.45) is 0 Å². The Bertz CT molecular complexity index is 631. The lowest BCUT2D eigenvalue weighted by atomic mass is 10.0. The first-order valence-electron chi connectivity index (χ1n) is 7.49. The van der Waals surface area contributed by atoms with Gasteiger partial charge in [0, 0.05) is 20.7 Å². The summed E-state index contributed by atoms with van der Waals surface area (Å²) < 4.78 is 6.89. The topological polar surface area (TPSA) is 38.3 Å². The minimum atomic E-state index is 0.0420. The third kappa shape index (κ3) is 3.87. The molecule has 1 heterocycles. The molecule has 1 aliphatic heterocycles. The fraction of sp³-hybridized carbons (Fsp3) is 0.278. The van der Waals surface area contributed by atoms with E-state index in [-0.39, 0.29) is 5.78 Å². The molecule has 114 valence electrons. The van der Waals surface area contributed by atoms with E-state index in [1.807, 2.05) is 48.5 Å². The monoisotopic (exact) mass is 407 g/mol. The van der Waals surface area contributed by atoms with Crippen molar-refractivity contribution in [3.63, 3.8) is 0 Å². The van der Waals surface area contributed by atoms with Gasteiger partial charge in [0.2, 0.25) is 0 Å². The van der Waals surface area contributed by atoms with Crippen LogP contribution in [-0.4, -0.2) is 25.0 Å². The Kier molecular flexibility index (Phi) is 5.10. The number of hydrogen-bond donors (Lipinski definition) is 1. The third-order valence-corrected chi connectivity index (χ3v) is 4.56. The Hall–Kier alpha value is -1.40. The molecular weight excluding hydrogens is 389 g/mol. The number of hydrogen-bond acceptors (Lipinski definition) is 3. The van der Waals surface area contributed by atoms with Gasteiger partial charge in [-0.2, -0.15) is 0 Å². The summed E-state index contributed by atoms with van der Waals surface area (Å²) in [5, 5.41) is 3.40. The number of nitrogens with one attached hydrogen (secondary N) is 1. The lowest BCUT2D eigenvalue weighted by Gasteiger charge is -2.12. The number of carbonyl (C=O) groups is 1. The summed E-state index contributed by atoms with van der Waals surface area (Å²) in [7, 11) is 0. The zero-order valence-corrected chi connectivity index (χ0v) is 14.4. The minimum absolute atomic E-state index is 0.0420. The van der Waals surface area contributed by atoms with Crippen molar-refractivity contribution in [2.45, 2.75) is 18.9 Å². The number of ether oxygens (including phenoxy) is 1. The molecule has 22 heavy (non-hydrogen) atoms. The molecule has 0 spiro atoms. The highest BCUT2D eigenvalue weighted by Crippen LogP contribution is 2.17. The Morgan fingerprint density at radius 1 is 1.09 bits per heavy atom. The van der Waals surface area contributed by atoms with Crippen LogP contribution in [0.3, 0.4) is 0 Å². The Morgan fingerprint density at radius 2 is 1.73 bits per heavy atom. The maximum Gasteiger partial charge on any atom is 0.193 e. The molecule has 0 aliphatic carbocycles. The fourth-order valence-corrected chi connectivity index (χ4v) is 2.93. The maximum absolute atomic E-state index is 12.4. The normalized spacial score (nSPS) is 17.4. The van der Waals surface area contributed by atoms with Crippen molar-refractivity contribution in [1.82, 2.24) is 5.32 Å². The van der Waals surface area contributed by atoms with E-state index in [2.05, 4.69) is 27.9 Å². The number of rotatable bonds is 5. The predicted molar refractivity (Wildman–Crippen MR) is 95.6 cm³/mol. The number of halogens is 1. The summed E-state index contributed by atoms with van der Waals surface area (Å²) in [4.78, 5) is 12.4. The van der Waals surface area contributed by atoms with Crippen LogP contribution in [-0.2, 0) is 0 Å². The van der Waals surface area contributed by atoms with Crippen LogP contribution in [0.5, 0.6) is 5.75 Å². The van der Waals surface area contributed by atoms with Gasteiger partial charge in [-0.15, -0.1) is 0 Å². The first-order valence-corrected chi connectivity index (χ1v) is 8.57. The summed E-state index contributed by atoms with van der Waals surface area (Å²) in [5.41, 5.74) is 1.40. The van der Waals surface area contributed by atoms with Crippen LogP contribution in [0.25, 0.3) is 0 Å². The fourth-order valence-electron chi connectivity index (χ4n) is 2.57. The molecule has 0 radical (unpaired) electrons. The first kappa shape index (κ1) is 15.5. The second-order valence-corrected chi connectivity index (χ2v) is 6.71. The highest BCUT2D eigenvalue weighted by molar-refractivity contribution is 14.1. The summed E-state index contributed by atoms with van der Waals surface area (Å²) in [5.74, 6) is 0.855. The molecule has 3 nitrogen and oxygen atoms in total. The molecule has 0 aromatic heterocycles. The van der Waals surface area contributed by atoms with Gasteiger partial charge in [-0.05, 0) is 90.5 Å². The van der Waals surface area contributed by atoms with E-state index in [1.165, 1.54) is 12.8 Å². The van der Waals surface area contributed by atoms with Crippen LogP contribution in [0.15, 0.2) is 48.5 Å². The minimum Gasteiger partial charge on any atom is -0.492 e. The van der Waals surface area contributed by atoms with Gasteiger partial charge in [0.1, 0.15) is 12.4 Å². The van der Waals surface area contributed by atoms with E-state index >= 15 is 0 Å². The van der Waals surface area contributed by atoms with E-state index in [9.17, 15) is 4.79 Å². The molecule has 4 heteroatoms. The van der Waals surface area contributed by atoms with Crippen LogP contribution < -0.4 is 10.1 Å². The van der Waals surface area contributed by atoms with Crippen LogP contribution in [0.4, 0.5) is 0 Å². The molecule has 0 bridgehead atoms. The molecule has 1 aliphatic rings. The Balaban J connectivity index is 1.62. The van der Waals surface area contributed by atoms with Gasteiger partial charge in [0.25, 0.3) is 0 Å². The van der Waals surface area contributed by atoms with Gasteiger partial charge in [0.05, 0.1) is 0 Å². The number of carbonyl (C=O) groups excluding carboxylic acids is 1. The van der Waals surface area contributed by atoms with Gasteiger partial charge >= 0.3 is 0 Å². The third-order valence-electron chi connectivity index (χ3n) is 3.84. The van der Waals surface area contributed by atoms with Crippen molar-refractivity contribution in [3.8, 4) is 5.75 Å². The largest absolute Gasteiger partial charge is 0.492 e. The first-order chi connectivity index (χ1) is 10.7. The molecule has 1 atom stereocenters. The van der Waals surface area contributed by atoms with Gasteiger partial charge < -0.3 is 10.1 Å². The molecule has 0 unspecified atom stereocenters. The SMILES string of the molecule is O=C(c1ccc(I)cc1)c1ccc(OC[C@H]2CCCN2)cc1. The average molecular weight is 407 g/mol. The molecule has 3 rings (SSSR count). The van der Waals surface area contributed by atoms with Crippen molar-refractivity contribution in [2.75, 3.05) is 13.2 Å². The van der Waals surface area contributed by atoms with E-state index < -0.39 is 0 Å². The van der Waals surface area contributed by atoms with Crippen molar-refractivity contribution >= 4 is 28.4 Å². The van der Waals surface area contributed by atoms with Crippen LogP contribution in [0.2, 0.25) is 0 Å². The van der Waals surface area contributed by atoms with Gasteiger partial charge in [-0.25, -0.2) is 0 Å². The smallest absolute Gasteiger partial charge is 0.193 e. The average Bonchev–Trinajstić information content (AvgIpc) is 3.07. The summed E-state index contributed by atoms with van der Waals surface area (Å²) >= 11 is 2.23. The summed E-state index contributed by atoms with van der Waals surface area (Å²) in [6.45, 7) is 1.77. The lowest BCUT2D eigenvalue weighted by molar-refractivity contribution is 0.103. The van der Waals surface area contributed by atoms with Gasteiger partial charge in [-0.1, -0.05) is 0 Å². The summed E-state index contributed by atoms with van der Waals surface area (Å²) in [6.07, 6.45) is 2.39. The Labute approximate surface area is 144 Å². The molecular formula is C18H18INO2. The van der Waals surface area contributed by atoms with Crippen molar-refractivity contribution in [3.05, 3.63) is 63.2 Å². The molecule has 0 amide bonds. The maximum atomic E-state index is 12.4. The zero-order chi connectivity index (χ0) is 15.4. The lowest BCUT2D eigenvalue weighted by Crippen LogP contribution is -2.28. The van der Waals surface area contributed by atoms with Crippen molar-refractivity contribution in [1.29, 1.82) is 0 Å². The van der Waals surface area contributed by atoms with E-state index in [0.29, 0.717) is 23.8 Å². The van der Waals surface area contributed by atoms with Crippen LogP contribution in [0.1, 0.15) is 28.8 Å². The molecule has 1 N–H and O–H groups in total. The second kappa shape index (κ2) is 7.24. The standard InChI is InChI=1S/C18H18INO2/c19-15-7-3-13(4-8-15)18(21)14-5-9-17(10-6-14)22-12-16-2-1-11-20-16/h3-10,16,20H,1-2,11-12H2/t16-/m1/s1. The molecule has 0 saturated carbocycles. The number of ketones is 1. The molecule has 1 saturated heterocycles. The zero-order valence-electron chi connectivity index (χ0n) is 12.2. The Morgan fingerprint density at radius 3 is 2.32 bits per heavy atom. The van der Waals surface area contributed by atoms with Gasteiger partial charge in [-0.3, -0.25) is 4.79 Å². The second-order valence-electron chi connectivity index (χ2n) is 5.46. The highest BCUT2D eigenvalue weighted by atomic mass is 127. The molecule has 2 aromatic rings. The van der Waals surface area contributed by atoms with Crippen molar-refractivity contribution < 1.29 is 9.53 Å². The summed E-state index contributed by atoms with van der Waals surface area (Å²) in [6, 6.07) is 15.5. The molecule has 1 fully saturated rings. The predicted octanol–water partition coefficient (Wildman–Crippen LogP) is 3.65. The highest BCUT2D eigenvalue weighted by Gasteiger charge is 2.14. The van der Waals surface area contributed by atoms with E-state index in [4.69, 9.17) is 4.74 Å². The van der Waals surface area contributed by atoms with E-state index in [1.54, 1.807) is 0 Å². The van der Waals surface area contributed by atoms with Crippen LogP contribution in [0, 0.1) is 3.57 Å². The van der Waals surface area contributed by atoms with E-state index in [0.717, 1.165) is 15.9 Å². The van der Waals surface area contributed by atoms with Crippen LogP contribution >= 0.6 is 22.6 Å². The van der Waals surface area contributed by atoms with Gasteiger partial charge in [0.15, 0.2) is 5.78 Å². The molecule has 2 aromatic carbocycles.